The second-order valence-electron chi connectivity index (χ2n) is 5.43. The molecule has 3 nitrogen and oxygen atoms in total. The van der Waals surface area contributed by atoms with E-state index in [1.807, 2.05) is 31.2 Å². The van der Waals surface area contributed by atoms with Crippen molar-refractivity contribution in [1.82, 2.24) is 5.32 Å². The van der Waals surface area contributed by atoms with Crippen molar-refractivity contribution in [2.75, 3.05) is 13.7 Å². The molecular formula is C18H22FNO2. The average molecular weight is 303 g/mol. The number of hydrogen-bond donors (Lipinski definition) is 2. The summed E-state index contributed by atoms with van der Waals surface area (Å²) in [4.78, 5) is 0. The van der Waals surface area contributed by atoms with Crippen molar-refractivity contribution in [2.24, 2.45) is 0 Å². The lowest BCUT2D eigenvalue weighted by Gasteiger charge is -2.18. The molecule has 22 heavy (non-hydrogen) atoms. The lowest BCUT2D eigenvalue weighted by molar-refractivity contribution is 0.170. The smallest absolute Gasteiger partial charge is 0.123 e. The quantitative estimate of drug-likeness (QED) is 0.826. The van der Waals surface area contributed by atoms with E-state index in [4.69, 9.17) is 4.74 Å². The van der Waals surface area contributed by atoms with Crippen LogP contribution >= 0.6 is 0 Å². The Morgan fingerprint density at radius 2 is 1.73 bits per heavy atom. The molecule has 2 aromatic rings. The molecule has 0 aliphatic carbocycles. The van der Waals surface area contributed by atoms with Crippen LogP contribution in [-0.2, 0) is 6.42 Å². The fraction of sp³-hybridized carbons (Fsp3) is 0.333. The van der Waals surface area contributed by atoms with Gasteiger partial charge in [0.1, 0.15) is 11.6 Å². The maximum Gasteiger partial charge on any atom is 0.123 e. The topological polar surface area (TPSA) is 41.5 Å². The number of hydrogen-bond acceptors (Lipinski definition) is 3. The van der Waals surface area contributed by atoms with Crippen LogP contribution in [0.4, 0.5) is 4.39 Å². The number of ether oxygens (including phenoxy) is 1. The molecule has 0 amide bonds. The molecule has 0 heterocycles. The Kier molecular flexibility index (Phi) is 5.92. The zero-order valence-electron chi connectivity index (χ0n) is 12.9. The minimum absolute atomic E-state index is 0.193. The Bertz CT molecular complexity index is 569. The summed E-state index contributed by atoms with van der Waals surface area (Å²) in [5, 5.41) is 13.5. The molecule has 0 fully saturated rings. The van der Waals surface area contributed by atoms with Gasteiger partial charge in [-0.25, -0.2) is 4.39 Å². The van der Waals surface area contributed by atoms with Crippen molar-refractivity contribution in [3.63, 3.8) is 0 Å². The third-order valence-electron chi connectivity index (χ3n) is 3.62. The first-order chi connectivity index (χ1) is 10.6. The largest absolute Gasteiger partial charge is 0.497 e. The molecule has 2 rings (SSSR count). The number of rotatable bonds is 7. The summed E-state index contributed by atoms with van der Waals surface area (Å²) in [6, 6.07) is 14.1. The average Bonchev–Trinajstić information content (AvgIpc) is 2.55. The van der Waals surface area contributed by atoms with Crippen molar-refractivity contribution in [2.45, 2.75) is 25.5 Å². The van der Waals surface area contributed by atoms with Gasteiger partial charge in [-0.2, -0.15) is 0 Å². The Morgan fingerprint density at radius 1 is 1.09 bits per heavy atom. The molecule has 0 aliphatic heterocycles. The second kappa shape index (κ2) is 7.92. The zero-order valence-corrected chi connectivity index (χ0v) is 12.9. The summed E-state index contributed by atoms with van der Waals surface area (Å²) in [6.07, 6.45) is 0.219. The highest BCUT2D eigenvalue weighted by molar-refractivity contribution is 5.28. The number of methoxy groups -OCH3 is 1. The van der Waals surface area contributed by atoms with Gasteiger partial charge in [0.2, 0.25) is 0 Å². The zero-order chi connectivity index (χ0) is 15.9. The van der Waals surface area contributed by atoms with Crippen molar-refractivity contribution in [3.8, 4) is 5.75 Å². The first-order valence-electron chi connectivity index (χ1n) is 7.38. The minimum atomic E-state index is -0.568. The Balaban J connectivity index is 1.81. The Hall–Kier alpha value is -1.91. The number of aliphatic hydroxyl groups is 1. The highest BCUT2D eigenvalue weighted by Gasteiger charge is 2.10. The highest BCUT2D eigenvalue weighted by Crippen LogP contribution is 2.17. The highest BCUT2D eigenvalue weighted by atomic mass is 19.1. The second-order valence-corrected chi connectivity index (χ2v) is 5.43. The van der Waals surface area contributed by atoms with E-state index >= 15 is 0 Å². The van der Waals surface area contributed by atoms with E-state index in [1.165, 1.54) is 12.1 Å². The van der Waals surface area contributed by atoms with Gasteiger partial charge in [-0.05, 0) is 48.7 Å². The van der Waals surface area contributed by atoms with Crippen LogP contribution in [0, 0.1) is 5.82 Å². The van der Waals surface area contributed by atoms with E-state index < -0.39 is 6.10 Å². The van der Waals surface area contributed by atoms with Gasteiger partial charge in [0.05, 0.1) is 13.2 Å². The SMILES string of the molecule is COc1ccc(C(O)CNC(C)Cc2ccc(F)cc2)cc1. The molecule has 118 valence electrons. The molecule has 0 aliphatic rings. The molecule has 0 radical (unpaired) electrons. The van der Waals surface area contributed by atoms with Crippen molar-refractivity contribution in [3.05, 3.63) is 65.5 Å². The van der Waals surface area contributed by atoms with Crippen LogP contribution in [0.3, 0.4) is 0 Å². The molecule has 0 saturated carbocycles. The molecule has 4 heteroatoms. The van der Waals surface area contributed by atoms with E-state index in [9.17, 15) is 9.50 Å². The molecule has 2 atom stereocenters. The van der Waals surface area contributed by atoms with Gasteiger partial charge in [-0.15, -0.1) is 0 Å². The maximum atomic E-state index is 12.9. The summed E-state index contributed by atoms with van der Waals surface area (Å²) in [5.74, 6) is 0.549. The van der Waals surface area contributed by atoms with Gasteiger partial charge in [0.25, 0.3) is 0 Å². The number of aliphatic hydroxyl groups excluding tert-OH is 1. The molecule has 2 aromatic carbocycles. The summed E-state index contributed by atoms with van der Waals surface area (Å²) >= 11 is 0. The van der Waals surface area contributed by atoms with Gasteiger partial charge < -0.3 is 15.2 Å². The van der Waals surface area contributed by atoms with Gasteiger partial charge in [-0.1, -0.05) is 24.3 Å². The summed E-state index contributed by atoms with van der Waals surface area (Å²) in [7, 11) is 1.62. The van der Waals surface area contributed by atoms with E-state index in [-0.39, 0.29) is 11.9 Å². The number of benzene rings is 2. The first-order valence-corrected chi connectivity index (χ1v) is 7.38. The van der Waals surface area contributed by atoms with Crippen LogP contribution in [0.5, 0.6) is 5.75 Å². The van der Waals surface area contributed by atoms with Gasteiger partial charge >= 0.3 is 0 Å². The van der Waals surface area contributed by atoms with Crippen LogP contribution in [0.1, 0.15) is 24.2 Å². The van der Waals surface area contributed by atoms with Crippen molar-refractivity contribution >= 4 is 0 Å². The Morgan fingerprint density at radius 3 is 2.32 bits per heavy atom. The van der Waals surface area contributed by atoms with Crippen LogP contribution in [0.25, 0.3) is 0 Å². The monoisotopic (exact) mass is 303 g/mol. The predicted molar refractivity (Wildman–Crippen MR) is 85.5 cm³/mol. The first kappa shape index (κ1) is 16.5. The van der Waals surface area contributed by atoms with Gasteiger partial charge in [0, 0.05) is 12.6 Å². The fourth-order valence-electron chi connectivity index (χ4n) is 2.30. The van der Waals surface area contributed by atoms with E-state index in [1.54, 1.807) is 19.2 Å². The van der Waals surface area contributed by atoms with E-state index in [0.717, 1.165) is 23.3 Å². The van der Waals surface area contributed by atoms with Gasteiger partial charge in [-0.3, -0.25) is 0 Å². The lowest BCUT2D eigenvalue weighted by Crippen LogP contribution is -2.32. The third-order valence-corrected chi connectivity index (χ3v) is 3.62. The molecule has 0 aromatic heterocycles. The molecule has 2 unspecified atom stereocenters. The van der Waals surface area contributed by atoms with Crippen LogP contribution in [-0.4, -0.2) is 24.8 Å². The number of nitrogens with one attached hydrogen (secondary N) is 1. The molecule has 0 spiro atoms. The summed E-state index contributed by atoms with van der Waals surface area (Å²) in [6.45, 7) is 2.51. The maximum absolute atomic E-state index is 12.9. The normalized spacial score (nSPS) is 13.6. The Labute approximate surface area is 130 Å². The van der Waals surface area contributed by atoms with Crippen LogP contribution in [0.2, 0.25) is 0 Å². The number of halogens is 1. The molecule has 0 saturated heterocycles. The summed E-state index contributed by atoms with van der Waals surface area (Å²) < 4.78 is 18.0. The standard InChI is InChI=1S/C18H22FNO2/c1-13(11-14-3-7-16(19)8-4-14)20-12-18(21)15-5-9-17(22-2)10-6-15/h3-10,13,18,20-21H,11-12H2,1-2H3. The third kappa shape index (κ3) is 4.83. The summed E-state index contributed by atoms with van der Waals surface area (Å²) in [5.41, 5.74) is 1.92. The molecular weight excluding hydrogens is 281 g/mol. The van der Waals surface area contributed by atoms with E-state index in [0.29, 0.717) is 6.54 Å². The molecule has 0 bridgehead atoms. The van der Waals surface area contributed by atoms with Gasteiger partial charge in [0.15, 0.2) is 0 Å². The van der Waals surface area contributed by atoms with Crippen molar-refractivity contribution < 1.29 is 14.2 Å². The van der Waals surface area contributed by atoms with Crippen LogP contribution in [0.15, 0.2) is 48.5 Å². The van der Waals surface area contributed by atoms with Crippen LogP contribution < -0.4 is 10.1 Å². The lowest BCUT2D eigenvalue weighted by atomic mass is 10.1. The fourth-order valence-corrected chi connectivity index (χ4v) is 2.30. The molecule has 2 N–H and O–H groups in total. The van der Waals surface area contributed by atoms with Crippen molar-refractivity contribution in [1.29, 1.82) is 0 Å². The van der Waals surface area contributed by atoms with E-state index in [2.05, 4.69) is 5.32 Å². The predicted octanol–water partition coefficient (Wildman–Crippen LogP) is 3.09. The minimum Gasteiger partial charge on any atom is -0.497 e.